The molecule has 16 heavy (non-hydrogen) atoms. The number of hydrogen-bond acceptors (Lipinski definition) is 2. The summed E-state index contributed by atoms with van der Waals surface area (Å²) < 4.78 is 12.8. The molecule has 2 N–H and O–H groups in total. The molecule has 0 spiro atoms. The van der Waals surface area contributed by atoms with Crippen LogP contribution in [0, 0.1) is 5.82 Å². The molecular formula is C12H14FN3. The molecule has 1 unspecified atom stereocenters. The maximum atomic E-state index is 12.8. The van der Waals surface area contributed by atoms with E-state index in [4.69, 9.17) is 0 Å². The van der Waals surface area contributed by atoms with Gasteiger partial charge in [0.05, 0.1) is 17.9 Å². The molecule has 0 bridgehead atoms. The Kier molecular flexibility index (Phi) is 3.19. The number of aromatic amines is 1. The summed E-state index contributed by atoms with van der Waals surface area (Å²) in [7, 11) is 0. The minimum atomic E-state index is -0.207. The van der Waals surface area contributed by atoms with E-state index in [0.717, 1.165) is 17.7 Å². The summed E-state index contributed by atoms with van der Waals surface area (Å²) >= 11 is 0. The molecule has 0 aliphatic heterocycles. The highest BCUT2D eigenvalue weighted by Crippen LogP contribution is 2.21. The van der Waals surface area contributed by atoms with Gasteiger partial charge in [0.2, 0.25) is 0 Å². The lowest BCUT2D eigenvalue weighted by Crippen LogP contribution is -2.09. The number of nitrogens with zero attached hydrogens (tertiary/aromatic N) is 1. The summed E-state index contributed by atoms with van der Waals surface area (Å²) in [6, 6.07) is 6.75. The maximum Gasteiger partial charge on any atom is 0.123 e. The van der Waals surface area contributed by atoms with Crippen molar-refractivity contribution in [3.63, 3.8) is 0 Å². The van der Waals surface area contributed by atoms with Crippen molar-refractivity contribution in [1.82, 2.24) is 10.2 Å². The van der Waals surface area contributed by atoms with Crippen LogP contribution in [0.1, 0.15) is 24.9 Å². The SMILES string of the molecule is CCC(Nc1cn[nH]c1)c1ccc(F)cc1. The van der Waals surface area contributed by atoms with Gasteiger partial charge in [-0.3, -0.25) is 5.10 Å². The van der Waals surface area contributed by atoms with Crippen LogP contribution in [0.3, 0.4) is 0 Å². The second-order valence-corrected chi connectivity index (χ2v) is 3.64. The fourth-order valence-electron chi connectivity index (χ4n) is 1.65. The van der Waals surface area contributed by atoms with E-state index in [1.165, 1.54) is 12.1 Å². The Hall–Kier alpha value is -1.84. The van der Waals surface area contributed by atoms with Crippen LogP contribution in [0.4, 0.5) is 10.1 Å². The normalized spacial score (nSPS) is 12.4. The second-order valence-electron chi connectivity index (χ2n) is 3.64. The van der Waals surface area contributed by atoms with Crippen molar-refractivity contribution in [2.24, 2.45) is 0 Å². The zero-order valence-corrected chi connectivity index (χ0v) is 9.07. The number of nitrogens with one attached hydrogen (secondary N) is 2. The monoisotopic (exact) mass is 219 g/mol. The van der Waals surface area contributed by atoms with Crippen LogP contribution in [0.25, 0.3) is 0 Å². The molecule has 0 radical (unpaired) electrons. The zero-order chi connectivity index (χ0) is 11.4. The van der Waals surface area contributed by atoms with Crippen LogP contribution < -0.4 is 5.32 Å². The third-order valence-electron chi connectivity index (χ3n) is 2.52. The van der Waals surface area contributed by atoms with Gasteiger partial charge in [0, 0.05) is 6.20 Å². The predicted molar refractivity (Wildman–Crippen MR) is 61.6 cm³/mol. The van der Waals surface area contributed by atoms with Crippen molar-refractivity contribution >= 4 is 5.69 Å². The molecular weight excluding hydrogens is 205 g/mol. The average Bonchev–Trinajstić information content (AvgIpc) is 2.80. The van der Waals surface area contributed by atoms with E-state index < -0.39 is 0 Å². The zero-order valence-electron chi connectivity index (χ0n) is 9.07. The molecule has 0 aliphatic carbocycles. The van der Waals surface area contributed by atoms with Crippen LogP contribution in [-0.4, -0.2) is 10.2 Å². The minimum absolute atomic E-state index is 0.179. The Balaban J connectivity index is 2.13. The van der Waals surface area contributed by atoms with E-state index >= 15 is 0 Å². The first-order valence-electron chi connectivity index (χ1n) is 5.30. The first kappa shape index (κ1) is 10.7. The Bertz CT molecular complexity index is 422. The van der Waals surface area contributed by atoms with E-state index in [9.17, 15) is 4.39 Å². The molecule has 0 aliphatic rings. The highest BCUT2D eigenvalue weighted by molar-refractivity contribution is 5.41. The summed E-state index contributed by atoms with van der Waals surface area (Å²) in [5.74, 6) is -0.207. The van der Waals surface area contributed by atoms with Crippen molar-refractivity contribution in [3.05, 3.63) is 48.0 Å². The number of benzene rings is 1. The number of hydrogen-bond donors (Lipinski definition) is 2. The molecule has 0 fully saturated rings. The summed E-state index contributed by atoms with van der Waals surface area (Å²) in [6.45, 7) is 2.08. The fraction of sp³-hybridized carbons (Fsp3) is 0.250. The fourth-order valence-corrected chi connectivity index (χ4v) is 1.65. The van der Waals surface area contributed by atoms with Crippen LogP contribution in [-0.2, 0) is 0 Å². The van der Waals surface area contributed by atoms with Gasteiger partial charge in [-0.2, -0.15) is 5.10 Å². The lowest BCUT2D eigenvalue weighted by Gasteiger charge is -2.17. The van der Waals surface area contributed by atoms with E-state index in [1.54, 1.807) is 24.5 Å². The third kappa shape index (κ3) is 2.39. The van der Waals surface area contributed by atoms with Crippen LogP contribution in [0.2, 0.25) is 0 Å². The standard InChI is InChI=1S/C12H14FN3/c1-2-12(16-11-7-14-15-8-11)9-3-5-10(13)6-4-9/h3-8,12,16H,2H2,1H3,(H,14,15). The Labute approximate surface area is 93.7 Å². The van der Waals surface area contributed by atoms with E-state index in [2.05, 4.69) is 22.4 Å². The number of rotatable bonds is 4. The van der Waals surface area contributed by atoms with Crippen molar-refractivity contribution in [3.8, 4) is 0 Å². The van der Waals surface area contributed by atoms with Gasteiger partial charge < -0.3 is 5.32 Å². The lowest BCUT2D eigenvalue weighted by atomic mass is 10.0. The van der Waals surface area contributed by atoms with Gasteiger partial charge in [-0.1, -0.05) is 19.1 Å². The molecule has 1 aromatic heterocycles. The molecule has 2 rings (SSSR count). The van der Waals surface area contributed by atoms with Crippen LogP contribution in [0.15, 0.2) is 36.7 Å². The Morgan fingerprint density at radius 3 is 2.69 bits per heavy atom. The topological polar surface area (TPSA) is 40.7 Å². The lowest BCUT2D eigenvalue weighted by molar-refractivity contribution is 0.625. The molecule has 1 atom stereocenters. The van der Waals surface area contributed by atoms with Gasteiger partial charge in [0.25, 0.3) is 0 Å². The number of aromatic nitrogens is 2. The molecule has 2 aromatic rings. The average molecular weight is 219 g/mol. The minimum Gasteiger partial charge on any atom is -0.376 e. The highest BCUT2D eigenvalue weighted by Gasteiger charge is 2.09. The van der Waals surface area contributed by atoms with Crippen LogP contribution >= 0.6 is 0 Å². The van der Waals surface area contributed by atoms with Crippen molar-refractivity contribution in [2.45, 2.75) is 19.4 Å². The van der Waals surface area contributed by atoms with Gasteiger partial charge in [-0.15, -0.1) is 0 Å². The summed E-state index contributed by atoms with van der Waals surface area (Å²) in [5.41, 5.74) is 2.02. The molecule has 1 aromatic carbocycles. The Morgan fingerprint density at radius 1 is 1.38 bits per heavy atom. The van der Waals surface area contributed by atoms with E-state index in [1.807, 2.05) is 0 Å². The van der Waals surface area contributed by atoms with Gasteiger partial charge >= 0.3 is 0 Å². The van der Waals surface area contributed by atoms with Gasteiger partial charge in [0.1, 0.15) is 5.82 Å². The summed E-state index contributed by atoms with van der Waals surface area (Å²) in [5, 5.41) is 9.95. The van der Waals surface area contributed by atoms with Crippen LogP contribution in [0.5, 0.6) is 0 Å². The van der Waals surface area contributed by atoms with E-state index in [-0.39, 0.29) is 11.9 Å². The summed E-state index contributed by atoms with van der Waals surface area (Å²) in [6.07, 6.45) is 4.45. The molecule has 84 valence electrons. The number of H-pyrrole nitrogens is 1. The van der Waals surface area contributed by atoms with Gasteiger partial charge in [0.15, 0.2) is 0 Å². The van der Waals surface area contributed by atoms with Crippen molar-refractivity contribution in [2.75, 3.05) is 5.32 Å². The van der Waals surface area contributed by atoms with Crippen molar-refractivity contribution < 1.29 is 4.39 Å². The smallest absolute Gasteiger partial charge is 0.123 e. The van der Waals surface area contributed by atoms with Gasteiger partial charge in [-0.25, -0.2) is 4.39 Å². The molecule has 0 saturated heterocycles. The predicted octanol–water partition coefficient (Wildman–Crippen LogP) is 3.11. The van der Waals surface area contributed by atoms with Gasteiger partial charge in [-0.05, 0) is 24.1 Å². The quantitative estimate of drug-likeness (QED) is 0.829. The third-order valence-corrected chi connectivity index (χ3v) is 2.52. The van der Waals surface area contributed by atoms with Crippen molar-refractivity contribution in [1.29, 1.82) is 0 Å². The molecule has 1 heterocycles. The summed E-state index contributed by atoms with van der Waals surface area (Å²) in [4.78, 5) is 0. The number of halogens is 1. The first-order valence-corrected chi connectivity index (χ1v) is 5.30. The first-order chi connectivity index (χ1) is 7.79. The molecule has 4 heteroatoms. The molecule has 3 nitrogen and oxygen atoms in total. The second kappa shape index (κ2) is 4.79. The molecule has 0 saturated carbocycles. The highest BCUT2D eigenvalue weighted by atomic mass is 19.1. The molecule has 0 amide bonds. The van der Waals surface area contributed by atoms with E-state index in [0.29, 0.717) is 0 Å². The number of anilines is 1. The maximum absolute atomic E-state index is 12.8. The Morgan fingerprint density at radius 2 is 2.12 bits per heavy atom. The largest absolute Gasteiger partial charge is 0.376 e.